The first-order valence-corrected chi connectivity index (χ1v) is 22.2. The lowest BCUT2D eigenvalue weighted by Crippen LogP contribution is -2.32. The Morgan fingerprint density at radius 1 is 0.424 bits per heavy atom. The van der Waals surface area contributed by atoms with Crippen molar-refractivity contribution in [3.63, 3.8) is 0 Å². The Morgan fingerprint density at radius 3 is 1.67 bits per heavy atom. The van der Waals surface area contributed by atoms with Crippen LogP contribution in [0.15, 0.2) is 213 Å². The fraction of sp³-hybridized carbons (Fsp3) is 0.0167. The summed E-state index contributed by atoms with van der Waals surface area (Å²) in [7, 11) is 0. The Labute approximate surface area is 379 Å². The minimum absolute atomic E-state index is 0.623. The molecule has 4 aromatic heterocycles. The summed E-state index contributed by atoms with van der Waals surface area (Å²) in [6.07, 6.45) is 3.73. The molecule has 1 aliphatic heterocycles. The Kier molecular flexibility index (Phi) is 7.58. The molecule has 0 atom stereocenters. The molecule has 1 aliphatic carbocycles. The first kappa shape index (κ1) is 36.4. The van der Waals surface area contributed by atoms with E-state index >= 15 is 0 Å². The summed E-state index contributed by atoms with van der Waals surface area (Å²) in [6, 6.07) is 73.2. The van der Waals surface area contributed by atoms with E-state index in [0.717, 1.165) is 106 Å². The monoisotopic (exact) mass is 841 g/mol. The van der Waals surface area contributed by atoms with E-state index in [1.165, 1.54) is 16.3 Å². The van der Waals surface area contributed by atoms with E-state index in [2.05, 4.69) is 185 Å². The largest absolute Gasteiger partial charge is 0.456 e. The fourth-order valence-corrected chi connectivity index (χ4v) is 11.2. The molecule has 6 nitrogen and oxygen atoms in total. The predicted octanol–water partition coefficient (Wildman–Crippen LogP) is 14.3. The van der Waals surface area contributed by atoms with Crippen LogP contribution in [0.25, 0.3) is 88.6 Å². The van der Waals surface area contributed by atoms with Crippen LogP contribution >= 0.6 is 0 Å². The molecule has 1 spiro atoms. The number of hydrogen-bond acceptors (Lipinski definition) is 4. The van der Waals surface area contributed by atoms with Gasteiger partial charge in [-0.25, -0.2) is 0 Å². The highest BCUT2D eigenvalue weighted by molar-refractivity contribution is 6.12. The van der Waals surface area contributed by atoms with Gasteiger partial charge in [-0.05, 0) is 125 Å². The van der Waals surface area contributed by atoms with Crippen LogP contribution in [0.4, 0.5) is 0 Å². The van der Waals surface area contributed by atoms with Gasteiger partial charge in [0.1, 0.15) is 11.5 Å². The molecule has 6 heteroatoms. The lowest BCUT2D eigenvalue weighted by molar-refractivity contribution is 0.438. The van der Waals surface area contributed by atoms with E-state index < -0.39 is 5.41 Å². The molecule has 14 rings (SSSR count). The number of nitrogens with zero attached hydrogens (tertiary/aromatic N) is 5. The van der Waals surface area contributed by atoms with E-state index in [1.807, 2.05) is 42.7 Å². The molecule has 2 aliphatic rings. The molecule has 0 N–H and O–H groups in total. The zero-order chi connectivity index (χ0) is 43.5. The minimum Gasteiger partial charge on any atom is -0.456 e. The van der Waals surface area contributed by atoms with Crippen LogP contribution < -0.4 is 4.74 Å². The maximum absolute atomic E-state index is 10.00. The normalized spacial score (nSPS) is 13.1. The molecule has 0 bridgehead atoms. The topological polar surface area (TPSA) is 68.7 Å². The Bertz CT molecular complexity index is 4000. The summed E-state index contributed by atoms with van der Waals surface area (Å²) in [5, 5.41) is 14.5. The first-order valence-electron chi connectivity index (χ1n) is 22.2. The number of rotatable bonds is 4. The Balaban J connectivity index is 0.995. The second kappa shape index (κ2) is 13.7. The third-order valence-corrected chi connectivity index (χ3v) is 13.9. The van der Waals surface area contributed by atoms with Gasteiger partial charge in [-0.2, -0.15) is 5.26 Å². The maximum Gasteiger partial charge on any atom is 0.140 e. The lowest BCUT2D eigenvalue weighted by Gasteiger charge is -2.40. The van der Waals surface area contributed by atoms with Crippen molar-refractivity contribution in [1.82, 2.24) is 19.1 Å². The highest BCUT2D eigenvalue weighted by Crippen LogP contribution is 2.63. The second-order valence-corrected chi connectivity index (χ2v) is 17.2. The molecule has 0 amide bonds. The van der Waals surface area contributed by atoms with E-state index in [1.54, 1.807) is 0 Å². The highest BCUT2D eigenvalue weighted by Gasteiger charge is 2.53. The number of pyridine rings is 2. The molecule has 66 heavy (non-hydrogen) atoms. The van der Waals surface area contributed by atoms with Crippen LogP contribution in [0, 0.1) is 11.3 Å². The Morgan fingerprint density at radius 2 is 0.970 bits per heavy atom. The van der Waals surface area contributed by atoms with Crippen LogP contribution in [0.2, 0.25) is 0 Å². The number of aromatic nitrogens is 4. The smallest absolute Gasteiger partial charge is 0.140 e. The van der Waals surface area contributed by atoms with Crippen molar-refractivity contribution in [3.8, 4) is 62.6 Å². The molecular weight excluding hydrogens is 807 g/mol. The molecule has 0 unspecified atom stereocenters. The third kappa shape index (κ3) is 4.94. The van der Waals surface area contributed by atoms with Gasteiger partial charge in [-0.1, -0.05) is 103 Å². The average Bonchev–Trinajstić information content (AvgIpc) is 4.00. The Hall–Kier alpha value is -9.05. The molecule has 0 saturated heterocycles. The standard InChI is InChI=1S/C60H35N5O/c61-36-37-22-26-53-45(32-37)47-34-40(24-28-55(47)65(53)42-14-5-2-6-15-42)43-17-9-18-50-59(43)66-56-29-25-39(35-51(56)60(50)48-19-10-30-62-57(48)58-49(60)20-11-31-63-58)38-23-27-54-46(33-38)44-16-7-8-21-52(44)64(54)41-12-3-1-4-13-41/h1-35H. The highest BCUT2D eigenvalue weighted by atomic mass is 16.5. The number of ether oxygens (including phenoxy) is 1. The zero-order valence-electron chi connectivity index (χ0n) is 35.4. The van der Waals surface area contributed by atoms with Crippen molar-refractivity contribution in [3.05, 3.63) is 240 Å². The summed E-state index contributed by atoms with van der Waals surface area (Å²) in [5.74, 6) is 1.58. The first-order chi connectivity index (χ1) is 32.7. The van der Waals surface area contributed by atoms with Crippen LogP contribution in [0.5, 0.6) is 11.5 Å². The van der Waals surface area contributed by atoms with Crippen molar-refractivity contribution in [2.45, 2.75) is 5.41 Å². The predicted molar refractivity (Wildman–Crippen MR) is 264 cm³/mol. The van der Waals surface area contributed by atoms with Gasteiger partial charge in [0.2, 0.25) is 0 Å². The molecule has 5 heterocycles. The SMILES string of the molecule is N#Cc1ccc2c(c1)c1cc(-c3cccc4c3Oc3ccc(-c5ccc6c(c5)c5ccccc5n6-c5ccccc5)cc3C43c4cccnc4-c4ncccc43)ccc1n2-c1ccccc1. The van der Waals surface area contributed by atoms with Crippen LogP contribution in [-0.4, -0.2) is 19.1 Å². The van der Waals surface area contributed by atoms with E-state index in [9.17, 15) is 5.26 Å². The summed E-state index contributed by atoms with van der Waals surface area (Å²) in [4.78, 5) is 10.0. The van der Waals surface area contributed by atoms with Gasteiger partial charge in [0.15, 0.2) is 0 Å². The number of benzene rings is 8. The molecular formula is C60H35N5O. The van der Waals surface area contributed by atoms with Gasteiger partial charge in [0.05, 0.1) is 50.5 Å². The van der Waals surface area contributed by atoms with E-state index in [0.29, 0.717) is 5.56 Å². The fourth-order valence-electron chi connectivity index (χ4n) is 11.2. The summed E-state index contributed by atoms with van der Waals surface area (Å²) in [5.41, 5.74) is 16.7. The van der Waals surface area contributed by atoms with E-state index in [-0.39, 0.29) is 0 Å². The van der Waals surface area contributed by atoms with Crippen LogP contribution in [0.3, 0.4) is 0 Å². The number of nitriles is 1. The summed E-state index contributed by atoms with van der Waals surface area (Å²) < 4.78 is 11.9. The van der Waals surface area contributed by atoms with Crippen LogP contribution in [0.1, 0.15) is 27.8 Å². The van der Waals surface area contributed by atoms with Crippen molar-refractivity contribution in [2.75, 3.05) is 0 Å². The number of fused-ring (bicyclic) bond motifs is 15. The summed E-state index contributed by atoms with van der Waals surface area (Å²) in [6.45, 7) is 0. The van der Waals surface area contributed by atoms with Crippen molar-refractivity contribution >= 4 is 43.6 Å². The van der Waals surface area contributed by atoms with Crippen LogP contribution in [-0.2, 0) is 5.41 Å². The lowest BCUT2D eigenvalue weighted by atomic mass is 9.65. The summed E-state index contributed by atoms with van der Waals surface area (Å²) >= 11 is 0. The molecule has 0 saturated carbocycles. The molecule has 306 valence electrons. The van der Waals surface area contributed by atoms with Gasteiger partial charge in [-0.3, -0.25) is 9.97 Å². The quantitative estimate of drug-likeness (QED) is 0.177. The van der Waals surface area contributed by atoms with Crippen molar-refractivity contribution < 1.29 is 4.74 Å². The average molecular weight is 842 g/mol. The third-order valence-electron chi connectivity index (χ3n) is 13.9. The van der Waals surface area contributed by atoms with Gasteiger partial charge in [0, 0.05) is 62.0 Å². The van der Waals surface area contributed by atoms with Crippen molar-refractivity contribution in [1.29, 1.82) is 5.26 Å². The number of hydrogen-bond donors (Lipinski definition) is 0. The second-order valence-electron chi connectivity index (χ2n) is 17.2. The van der Waals surface area contributed by atoms with Gasteiger partial charge in [-0.15, -0.1) is 0 Å². The number of para-hydroxylation sites is 4. The van der Waals surface area contributed by atoms with Gasteiger partial charge < -0.3 is 13.9 Å². The van der Waals surface area contributed by atoms with Gasteiger partial charge >= 0.3 is 0 Å². The maximum atomic E-state index is 10.00. The molecule has 0 radical (unpaired) electrons. The molecule has 12 aromatic rings. The molecule has 0 fully saturated rings. The molecule has 8 aromatic carbocycles. The van der Waals surface area contributed by atoms with E-state index in [4.69, 9.17) is 14.7 Å². The van der Waals surface area contributed by atoms with Crippen molar-refractivity contribution in [2.24, 2.45) is 0 Å². The zero-order valence-corrected chi connectivity index (χ0v) is 35.4. The minimum atomic E-state index is -0.787. The van der Waals surface area contributed by atoms with Gasteiger partial charge in [0.25, 0.3) is 0 Å².